The maximum absolute atomic E-state index is 12.3. The third-order valence-electron chi connectivity index (χ3n) is 2.79. The maximum atomic E-state index is 12.3. The lowest BCUT2D eigenvalue weighted by molar-refractivity contribution is -0.114. The van der Waals surface area contributed by atoms with E-state index < -0.39 is 0 Å². The van der Waals surface area contributed by atoms with Crippen LogP contribution in [0.25, 0.3) is 0 Å². The Kier molecular flexibility index (Phi) is 4.70. The van der Waals surface area contributed by atoms with Crippen LogP contribution in [0.5, 0.6) is 0 Å². The van der Waals surface area contributed by atoms with Crippen molar-refractivity contribution in [2.24, 2.45) is 0 Å². The van der Waals surface area contributed by atoms with E-state index in [-0.39, 0.29) is 11.8 Å². The largest absolute Gasteiger partial charge is 0.323 e. The van der Waals surface area contributed by atoms with Gasteiger partial charge in [0.25, 0.3) is 5.91 Å². The SMILES string of the molecule is CC(=O)Nc1cccnc1NC(=O)c1cc(Br)ccc1C. The van der Waals surface area contributed by atoms with E-state index >= 15 is 0 Å². The molecule has 108 valence electrons. The first kappa shape index (κ1) is 15.2. The van der Waals surface area contributed by atoms with Crippen LogP contribution in [-0.4, -0.2) is 16.8 Å². The highest BCUT2D eigenvalue weighted by Crippen LogP contribution is 2.21. The summed E-state index contributed by atoms with van der Waals surface area (Å²) in [5, 5.41) is 5.35. The van der Waals surface area contributed by atoms with Crippen LogP contribution >= 0.6 is 15.9 Å². The van der Waals surface area contributed by atoms with Gasteiger partial charge >= 0.3 is 0 Å². The molecule has 0 saturated heterocycles. The number of pyridine rings is 1. The van der Waals surface area contributed by atoms with Gasteiger partial charge in [-0.2, -0.15) is 0 Å². The number of aromatic nitrogens is 1. The second kappa shape index (κ2) is 6.49. The van der Waals surface area contributed by atoms with Crippen LogP contribution in [0.2, 0.25) is 0 Å². The fraction of sp³-hybridized carbons (Fsp3) is 0.133. The molecule has 21 heavy (non-hydrogen) atoms. The Labute approximate surface area is 130 Å². The third kappa shape index (κ3) is 3.88. The summed E-state index contributed by atoms with van der Waals surface area (Å²) in [6.07, 6.45) is 1.55. The van der Waals surface area contributed by atoms with Gasteiger partial charge < -0.3 is 10.6 Å². The lowest BCUT2D eigenvalue weighted by Gasteiger charge is -2.11. The molecule has 2 N–H and O–H groups in total. The highest BCUT2D eigenvalue weighted by atomic mass is 79.9. The lowest BCUT2D eigenvalue weighted by Crippen LogP contribution is -2.17. The molecule has 2 rings (SSSR count). The number of benzene rings is 1. The number of anilines is 2. The van der Waals surface area contributed by atoms with Crippen LogP contribution in [0.3, 0.4) is 0 Å². The Hall–Kier alpha value is -2.21. The van der Waals surface area contributed by atoms with Crippen molar-refractivity contribution in [2.45, 2.75) is 13.8 Å². The van der Waals surface area contributed by atoms with Gasteiger partial charge in [-0.25, -0.2) is 4.98 Å². The zero-order valence-electron chi connectivity index (χ0n) is 11.6. The van der Waals surface area contributed by atoms with E-state index in [1.54, 1.807) is 24.4 Å². The molecule has 5 nitrogen and oxygen atoms in total. The number of nitrogens with one attached hydrogen (secondary N) is 2. The van der Waals surface area contributed by atoms with E-state index in [1.165, 1.54) is 6.92 Å². The smallest absolute Gasteiger partial charge is 0.257 e. The van der Waals surface area contributed by atoms with Gasteiger partial charge in [-0.1, -0.05) is 22.0 Å². The summed E-state index contributed by atoms with van der Waals surface area (Å²) >= 11 is 3.34. The van der Waals surface area contributed by atoms with E-state index in [1.807, 2.05) is 19.1 Å². The second-order valence-corrected chi connectivity index (χ2v) is 5.41. The fourth-order valence-electron chi connectivity index (χ4n) is 1.81. The average Bonchev–Trinajstić information content (AvgIpc) is 2.43. The molecule has 0 aliphatic carbocycles. The van der Waals surface area contributed by atoms with Gasteiger partial charge in [0.2, 0.25) is 5.91 Å². The van der Waals surface area contributed by atoms with E-state index in [2.05, 4.69) is 31.5 Å². The quantitative estimate of drug-likeness (QED) is 0.894. The molecule has 0 aliphatic heterocycles. The first-order valence-electron chi connectivity index (χ1n) is 6.27. The average molecular weight is 348 g/mol. The Morgan fingerprint density at radius 3 is 2.67 bits per heavy atom. The molecule has 6 heteroatoms. The molecule has 0 spiro atoms. The molecule has 0 aliphatic rings. The van der Waals surface area contributed by atoms with Gasteiger partial charge in [-0.3, -0.25) is 9.59 Å². The minimum atomic E-state index is -0.279. The molecule has 2 aromatic rings. The van der Waals surface area contributed by atoms with Crippen molar-refractivity contribution in [3.05, 3.63) is 52.1 Å². The van der Waals surface area contributed by atoms with Crippen molar-refractivity contribution < 1.29 is 9.59 Å². The summed E-state index contributed by atoms with van der Waals surface area (Å²) in [5.74, 6) is -0.187. The number of aryl methyl sites for hydroxylation is 1. The standard InChI is InChI=1S/C15H14BrN3O2/c1-9-5-6-11(16)8-12(9)15(21)19-14-13(18-10(2)20)4-3-7-17-14/h3-8H,1-2H3,(H,18,20)(H,17,19,21). The summed E-state index contributed by atoms with van der Waals surface area (Å²) < 4.78 is 0.821. The van der Waals surface area contributed by atoms with Gasteiger partial charge in [0.05, 0.1) is 5.69 Å². The Bertz CT molecular complexity index is 701. The van der Waals surface area contributed by atoms with Gasteiger partial charge in [-0.15, -0.1) is 0 Å². The third-order valence-corrected chi connectivity index (χ3v) is 3.29. The maximum Gasteiger partial charge on any atom is 0.257 e. The number of carbonyl (C=O) groups is 2. The zero-order valence-corrected chi connectivity index (χ0v) is 13.2. The minimum absolute atomic E-state index is 0.225. The first-order chi connectivity index (χ1) is 9.97. The zero-order chi connectivity index (χ0) is 15.4. The number of nitrogens with zero attached hydrogens (tertiary/aromatic N) is 1. The lowest BCUT2D eigenvalue weighted by atomic mass is 10.1. The molecule has 0 radical (unpaired) electrons. The monoisotopic (exact) mass is 347 g/mol. The van der Waals surface area contributed by atoms with E-state index in [0.717, 1.165) is 10.0 Å². The summed E-state index contributed by atoms with van der Waals surface area (Å²) in [6.45, 7) is 3.26. The van der Waals surface area contributed by atoms with E-state index in [4.69, 9.17) is 0 Å². The molecule has 0 bridgehead atoms. The van der Waals surface area contributed by atoms with Gasteiger partial charge in [-0.05, 0) is 36.8 Å². The molecule has 0 saturated carbocycles. The molecule has 0 atom stereocenters. The predicted octanol–water partition coefficient (Wildman–Crippen LogP) is 3.36. The van der Waals surface area contributed by atoms with Crippen LogP contribution in [-0.2, 0) is 4.79 Å². The van der Waals surface area contributed by atoms with E-state index in [9.17, 15) is 9.59 Å². The molecule has 1 aromatic carbocycles. The van der Waals surface area contributed by atoms with Gasteiger partial charge in [0.1, 0.15) is 0 Å². The molecule has 0 unspecified atom stereocenters. The highest BCUT2D eigenvalue weighted by molar-refractivity contribution is 9.10. The summed E-state index contributed by atoms with van der Waals surface area (Å²) in [4.78, 5) is 27.6. The van der Waals surface area contributed by atoms with Gasteiger partial charge in [0, 0.05) is 23.2 Å². The number of amides is 2. The number of hydrogen-bond donors (Lipinski definition) is 2. The van der Waals surface area contributed by atoms with Crippen molar-refractivity contribution in [2.75, 3.05) is 10.6 Å². The van der Waals surface area contributed by atoms with Crippen LogP contribution < -0.4 is 10.6 Å². The first-order valence-corrected chi connectivity index (χ1v) is 7.07. The molecular weight excluding hydrogens is 334 g/mol. The van der Waals surface area contributed by atoms with Crippen molar-refractivity contribution in [1.82, 2.24) is 4.98 Å². The molecule has 1 aromatic heterocycles. The second-order valence-electron chi connectivity index (χ2n) is 4.49. The van der Waals surface area contributed by atoms with Crippen molar-refractivity contribution in [3.8, 4) is 0 Å². The summed E-state index contributed by atoms with van der Waals surface area (Å²) in [5.41, 5.74) is 1.86. The van der Waals surface area contributed by atoms with E-state index in [0.29, 0.717) is 17.1 Å². The highest BCUT2D eigenvalue weighted by Gasteiger charge is 2.13. The van der Waals surface area contributed by atoms with Crippen LogP contribution in [0, 0.1) is 6.92 Å². The van der Waals surface area contributed by atoms with Crippen LogP contribution in [0.4, 0.5) is 11.5 Å². The normalized spacial score (nSPS) is 10.0. The molecule has 0 fully saturated rings. The summed E-state index contributed by atoms with van der Waals surface area (Å²) in [7, 11) is 0. The fourth-order valence-corrected chi connectivity index (χ4v) is 2.17. The Morgan fingerprint density at radius 2 is 1.95 bits per heavy atom. The number of halogens is 1. The van der Waals surface area contributed by atoms with Crippen molar-refractivity contribution in [1.29, 1.82) is 0 Å². The minimum Gasteiger partial charge on any atom is -0.323 e. The van der Waals surface area contributed by atoms with Crippen LogP contribution in [0.15, 0.2) is 41.0 Å². The van der Waals surface area contributed by atoms with Gasteiger partial charge in [0.15, 0.2) is 5.82 Å². The molecule has 1 heterocycles. The summed E-state index contributed by atoms with van der Waals surface area (Å²) in [6, 6.07) is 8.83. The Balaban J connectivity index is 2.27. The Morgan fingerprint density at radius 1 is 1.19 bits per heavy atom. The topological polar surface area (TPSA) is 71.1 Å². The molecular formula is C15H14BrN3O2. The number of carbonyl (C=O) groups excluding carboxylic acids is 2. The van der Waals surface area contributed by atoms with Crippen molar-refractivity contribution in [3.63, 3.8) is 0 Å². The van der Waals surface area contributed by atoms with Crippen LogP contribution in [0.1, 0.15) is 22.8 Å². The number of rotatable bonds is 3. The van der Waals surface area contributed by atoms with Crippen molar-refractivity contribution >= 4 is 39.2 Å². The molecule has 2 amide bonds. The number of hydrogen-bond acceptors (Lipinski definition) is 3. The predicted molar refractivity (Wildman–Crippen MR) is 85.4 cm³/mol.